The Morgan fingerprint density at radius 1 is 1.75 bits per heavy atom. The molecule has 1 atom stereocenters. The van der Waals surface area contributed by atoms with E-state index in [0.717, 1.165) is 12.1 Å². The van der Waals surface area contributed by atoms with Crippen molar-refractivity contribution in [3.8, 4) is 0 Å². The zero-order chi connectivity index (χ0) is 8.97. The van der Waals surface area contributed by atoms with Crippen LogP contribution < -0.4 is 5.73 Å². The highest BCUT2D eigenvalue weighted by atomic mass is 14.8. The molecule has 2 heteroatoms. The third-order valence-corrected chi connectivity index (χ3v) is 1.74. The van der Waals surface area contributed by atoms with Crippen LogP contribution in [0.15, 0.2) is 31.0 Å². The van der Waals surface area contributed by atoms with Crippen molar-refractivity contribution >= 4 is 0 Å². The van der Waals surface area contributed by atoms with Crippen LogP contribution >= 0.6 is 0 Å². The molecule has 2 nitrogen and oxygen atoms in total. The summed E-state index contributed by atoms with van der Waals surface area (Å²) in [5, 5.41) is 0. The van der Waals surface area contributed by atoms with Crippen LogP contribution in [-0.2, 0) is 0 Å². The van der Waals surface area contributed by atoms with Crippen molar-refractivity contribution in [1.29, 1.82) is 0 Å². The minimum atomic E-state index is -0.0117. The number of hydrogen-bond acceptors (Lipinski definition) is 2. The van der Waals surface area contributed by atoms with Crippen LogP contribution in [0.1, 0.15) is 23.7 Å². The molecule has 1 aromatic heterocycles. The maximum absolute atomic E-state index is 5.84. The average molecular weight is 162 g/mol. The maximum Gasteiger partial charge on any atom is 0.0576 e. The molecule has 0 aliphatic rings. The molecule has 1 heterocycles. The first kappa shape index (κ1) is 8.94. The average Bonchev–Trinajstić information content (AvgIpc) is 2.05. The largest absolute Gasteiger partial charge is 0.322 e. The molecule has 0 aliphatic carbocycles. The molecule has 12 heavy (non-hydrogen) atoms. The number of rotatable bonds is 3. The van der Waals surface area contributed by atoms with Gasteiger partial charge in [-0.15, -0.1) is 6.58 Å². The van der Waals surface area contributed by atoms with Crippen molar-refractivity contribution in [2.75, 3.05) is 0 Å². The fourth-order valence-corrected chi connectivity index (χ4v) is 1.06. The van der Waals surface area contributed by atoms with Gasteiger partial charge in [-0.05, 0) is 31.0 Å². The van der Waals surface area contributed by atoms with Crippen LogP contribution in [0.3, 0.4) is 0 Å². The van der Waals surface area contributed by atoms with Crippen molar-refractivity contribution in [3.05, 3.63) is 42.2 Å². The van der Waals surface area contributed by atoms with Gasteiger partial charge in [-0.2, -0.15) is 0 Å². The van der Waals surface area contributed by atoms with Crippen LogP contribution in [0.4, 0.5) is 0 Å². The van der Waals surface area contributed by atoms with Gasteiger partial charge in [0.15, 0.2) is 0 Å². The summed E-state index contributed by atoms with van der Waals surface area (Å²) in [6, 6.07) is 3.96. The third kappa shape index (κ3) is 2.17. The lowest BCUT2D eigenvalue weighted by Gasteiger charge is -2.07. The second-order valence-electron chi connectivity index (χ2n) is 2.89. The molecule has 0 radical (unpaired) electrons. The lowest BCUT2D eigenvalue weighted by molar-refractivity contribution is 0.713. The smallest absolute Gasteiger partial charge is 0.0576 e. The highest BCUT2D eigenvalue weighted by Gasteiger charge is 2.03. The molecular weight excluding hydrogens is 148 g/mol. The van der Waals surface area contributed by atoms with Crippen molar-refractivity contribution in [3.63, 3.8) is 0 Å². The van der Waals surface area contributed by atoms with Gasteiger partial charge in [0.05, 0.1) is 11.7 Å². The Labute approximate surface area is 73.1 Å². The lowest BCUT2D eigenvalue weighted by Crippen LogP contribution is -2.10. The Morgan fingerprint density at radius 2 is 2.50 bits per heavy atom. The minimum absolute atomic E-state index is 0.0117. The van der Waals surface area contributed by atoms with Crippen molar-refractivity contribution in [2.45, 2.75) is 19.4 Å². The lowest BCUT2D eigenvalue weighted by atomic mass is 10.1. The number of aryl methyl sites for hydroxylation is 1. The highest BCUT2D eigenvalue weighted by Crippen LogP contribution is 2.12. The van der Waals surface area contributed by atoms with E-state index in [1.54, 1.807) is 6.20 Å². The summed E-state index contributed by atoms with van der Waals surface area (Å²) in [4.78, 5) is 4.19. The van der Waals surface area contributed by atoms with E-state index in [9.17, 15) is 0 Å². The van der Waals surface area contributed by atoms with Crippen LogP contribution in [0.25, 0.3) is 0 Å². The van der Waals surface area contributed by atoms with E-state index in [0.29, 0.717) is 0 Å². The van der Waals surface area contributed by atoms with E-state index in [4.69, 9.17) is 5.73 Å². The van der Waals surface area contributed by atoms with Gasteiger partial charge in [0.2, 0.25) is 0 Å². The van der Waals surface area contributed by atoms with Crippen LogP contribution in [0.2, 0.25) is 0 Å². The first-order chi connectivity index (χ1) is 5.74. The first-order valence-corrected chi connectivity index (χ1v) is 4.03. The fourth-order valence-electron chi connectivity index (χ4n) is 1.06. The SMILES string of the molecule is C=CC[C@H](N)c1cc(C)ccn1. The Kier molecular flexibility index (Phi) is 3.00. The first-order valence-electron chi connectivity index (χ1n) is 4.03. The summed E-state index contributed by atoms with van der Waals surface area (Å²) in [5.74, 6) is 0. The van der Waals surface area contributed by atoms with Gasteiger partial charge in [0.1, 0.15) is 0 Å². The number of aromatic nitrogens is 1. The molecule has 0 bridgehead atoms. The third-order valence-electron chi connectivity index (χ3n) is 1.74. The molecule has 0 saturated heterocycles. The molecular formula is C10H14N2. The summed E-state index contributed by atoms with van der Waals surface area (Å²) < 4.78 is 0. The van der Waals surface area contributed by atoms with E-state index in [1.165, 1.54) is 5.56 Å². The van der Waals surface area contributed by atoms with Gasteiger partial charge < -0.3 is 5.73 Å². The van der Waals surface area contributed by atoms with Crippen LogP contribution in [-0.4, -0.2) is 4.98 Å². The Morgan fingerprint density at radius 3 is 3.08 bits per heavy atom. The molecule has 0 amide bonds. The topological polar surface area (TPSA) is 38.9 Å². The van der Waals surface area contributed by atoms with Crippen LogP contribution in [0.5, 0.6) is 0 Å². The summed E-state index contributed by atoms with van der Waals surface area (Å²) in [5.41, 5.74) is 7.97. The minimum Gasteiger partial charge on any atom is -0.322 e. The predicted octanol–water partition coefficient (Wildman–Crippen LogP) is 1.97. The van der Waals surface area contributed by atoms with Gasteiger partial charge >= 0.3 is 0 Å². The number of hydrogen-bond donors (Lipinski definition) is 1. The van der Waals surface area contributed by atoms with E-state index >= 15 is 0 Å². The summed E-state index contributed by atoms with van der Waals surface area (Å²) in [6.45, 7) is 5.67. The van der Waals surface area contributed by atoms with Crippen molar-refractivity contribution in [2.24, 2.45) is 5.73 Å². The van der Waals surface area contributed by atoms with E-state index < -0.39 is 0 Å². The number of nitrogens with two attached hydrogens (primary N) is 1. The molecule has 0 spiro atoms. The molecule has 0 saturated carbocycles. The Bertz CT molecular complexity index is 268. The monoisotopic (exact) mass is 162 g/mol. The molecule has 0 unspecified atom stereocenters. The zero-order valence-electron chi connectivity index (χ0n) is 7.33. The zero-order valence-corrected chi connectivity index (χ0v) is 7.33. The summed E-state index contributed by atoms with van der Waals surface area (Å²) in [6.07, 6.45) is 4.37. The molecule has 1 rings (SSSR count). The van der Waals surface area contributed by atoms with E-state index in [-0.39, 0.29) is 6.04 Å². The summed E-state index contributed by atoms with van der Waals surface area (Å²) in [7, 11) is 0. The molecule has 0 aliphatic heterocycles. The van der Waals surface area contributed by atoms with Crippen LogP contribution in [0, 0.1) is 6.92 Å². The van der Waals surface area contributed by atoms with E-state index in [1.807, 2.05) is 25.1 Å². The number of pyridine rings is 1. The maximum atomic E-state index is 5.84. The molecule has 1 aromatic rings. The molecule has 0 fully saturated rings. The normalized spacial score (nSPS) is 12.5. The van der Waals surface area contributed by atoms with E-state index in [2.05, 4.69) is 11.6 Å². The quantitative estimate of drug-likeness (QED) is 0.690. The van der Waals surface area contributed by atoms with Crippen molar-refractivity contribution in [1.82, 2.24) is 4.98 Å². The predicted molar refractivity (Wildman–Crippen MR) is 50.7 cm³/mol. The molecule has 64 valence electrons. The highest BCUT2D eigenvalue weighted by molar-refractivity contribution is 5.17. The van der Waals surface area contributed by atoms with Gasteiger partial charge in [-0.3, -0.25) is 4.98 Å². The molecule has 2 N–H and O–H groups in total. The second-order valence-corrected chi connectivity index (χ2v) is 2.89. The number of nitrogens with zero attached hydrogens (tertiary/aromatic N) is 1. The van der Waals surface area contributed by atoms with Gasteiger partial charge in [-0.1, -0.05) is 6.08 Å². The fraction of sp³-hybridized carbons (Fsp3) is 0.300. The van der Waals surface area contributed by atoms with Gasteiger partial charge in [0.25, 0.3) is 0 Å². The molecule has 0 aromatic carbocycles. The standard InChI is InChI=1S/C10H14N2/c1-3-4-9(11)10-7-8(2)5-6-12-10/h3,5-7,9H,1,4,11H2,2H3/t9-/m0/s1. The van der Waals surface area contributed by atoms with Gasteiger partial charge in [0, 0.05) is 6.20 Å². The second kappa shape index (κ2) is 4.02. The van der Waals surface area contributed by atoms with Gasteiger partial charge in [-0.25, -0.2) is 0 Å². The summed E-state index contributed by atoms with van der Waals surface area (Å²) >= 11 is 0. The Balaban J connectivity index is 2.80. The van der Waals surface area contributed by atoms with Crippen molar-refractivity contribution < 1.29 is 0 Å². The Hall–Kier alpha value is -1.15.